The number of aryl methyl sites for hydroxylation is 2. The lowest BCUT2D eigenvalue weighted by Gasteiger charge is -2.32. The normalized spacial score (nSPS) is 13.4. The Bertz CT molecular complexity index is 2510. The molecule has 0 amide bonds. The summed E-state index contributed by atoms with van der Waals surface area (Å²) < 4.78 is 2.78. The van der Waals surface area contributed by atoms with Gasteiger partial charge in [-0.3, -0.25) is 0 Å². The average Bonchev–Trinajstić information content (AvgIpc) is 3.78. The molecule has 0 atom stereocenters. The molecule has 0 radical (unpaired) electrons. The Morgan fingerprint density at radius 1 is 0.518 bits per heavy atom. The van der Waals surface area contributed by atoms with E-state index in [9.17, 15) is 0 Å². The summed E-state index contributed by atoms with van der Waals surface area (Å²) in [5, 5.41) is 3.36. The summed E-state index contributed by atoms with van der Waals surface area (Å²) in [6.45, 7) is 20.4. The third-order valence-electron chi connectivity index (χ3n) is 11.6. The van der Waals surface area contributed by atoms with E-state index < -0.39 is 0 Å². The number of hydrogen-bond donors (Lipinski definition) is 0. The van der Waals surface area contributed by atoms with Gasteiger partial charge in [-0.15, -0.1) is 11.3 Å². The molecule has 0 N–H and O–H groups in total. The van der Waals surface area contributed by atoms with Crippen molar-refractivity contribution < 1.29 is 0 Å². The second kappa shape index (κ2) is 14.2. The molecule has 284 valence electrons. The summed E-state index contributed by atoms with van der Waals surface area (Å²) in [4.78, 5) is 4.69. The molecule has 6 aromatic carbocycles. The first-order valence-corrected chi connectivity index (χ1v) is 21.4. The molecule has 7 aromatic rings. The van der Waals surface area contributed by atoms with Crippen molar-refractivity contribution in [1.29, 1.82) is 0 Å². The van der Waals surface area contributed by atoms with Gasteiger partial charge in [-0.1, -0.05) is 128 Å². The number of fused-ring (bicyclic) bond motifs is 5. The SMILES string of the molecule is Bc1cc(N(c2ccc(C(C)(C)C)cc2)c2ccc(C(C)(C)C)cc2)c(Cl)c(N(c2ccc(C(C)(C)C)cc2)c2ccc3sc4c5c(ccc4c3c2)CCC5)c1. The molecule has 0 aliphatic heterocycles. The Morgan fingerprint density at radius 2 is 0.964 bits per heavy atom. The van der Waals surface area contributed by atoms with Crippen molar-refractivity contribution in [3.8, 4) is 0 Å². The van der Waals surface area contributed by atoms with Crippen LogP contribution in [0.5, 0.6) is 0 Å². The molecule has 0 bridgehead atoms. The van der Waals surface area contributed by atoms with Crippen molar-refractivity contribution >= 4 is 90.5 Å². The van der Waals surface area contributed by atoms with Crippen LogP contribution in [-0.2, 0) is 29.1 Å². The molecular formula is C51H54BClN2S. The van der Waals surface area contributed by atoms with Crippen LogP contribution in [0.15, 0.2) is 115 Å². The van der Waals surface area contributed by atoms with Crippen molar-refractivity contribution in [3.05, 3.63) is 148 Å². The second-order valence-corrected chi connectivity index (χ2v) is 20.3. The summed E-state index contributed by atoms with van der Waals surface area (Å²) >= 11 is 9.80. The van der Waals surface area contributed by atoms with Crippen LogP contribution in [0.4, 0.5) is 34.1 Å². The van der Waals surface area contributed by atoms with Gasteiger partial charge in [0.1, 0.15) is 7.85 Å². The maximum absolute atomic E-state index is 7.86. The molecule has 8 rings (SSSR count). The highest BCUT2D eigenvalue weighted by Gasteiger charge is 2.26. The fraction of sp³-hybridized carbons (Fsp3) is 0.294. The minimum Gasteiger partial charge on any atom is -0.309 e. The van der Waals surface area contributed by atoms with Crippen LogP contribution in [0, 0.1) is 0 Å². The van der Waals surface area contributed by atoms with E-state index in [2.05, 4.69) is 195 Å². The zero-order valence-electron chi connectivity index (χ0n) is 34.8. The van der Waals surface area contributed by atoms with Gasteiger partial charge in [-0.2, -0.15) is 0 Å². The lowest BCUT2D eigenvalue weighted by Crippen LogP contribution is -2.19. The molecule has 0 fully saturated rings. The van der Waals surface area contributed by atoms with E-state index in [1.807, 2.05) is 11.3 Å². The van der Waals surface area contributed by atoms with Gasteiger partial charge < -0.3 is 9.80 Å². The summed E-state index contributed by atoms with van der Waals surface area (Å²) in [7, 11) is 2.18. The lowest BCUT2D eigenvalue weighted by molar-refractivity contribution is 0.590. The minimum absolute atomic E-state index is 0.0395. The van der Waals surface area contributed by atoms with E-state index in [0.29, 0.717) is 5.02 Å². The Balaban J connectivity index is 1.34. The molecule has 0 saturated carbocycles. The Labute approximate surface area is 344 Å². The predicted octanol–water partition coefficient (Wildman–Crippen LogP) is 14.3. The van der Waals surface area contributed by atoms with Gasteiger partial charge in [0.25, 0.3) is 0 Å². The molecule has 0 saturated heterocycles. The highest BCUT2D eigenvalue weighted by Crippen LogP contribution is 2.48. The first-order chi connectivity index (χ1) is 26.5. The van der Waals surface area contributed by atoms with Crippen LogP contribution in [0.25, 0.3) is 20.2 Å². The van der Waals surface area contributed by atoms with Crippen LogP contribution in [0.1, 0.15) is 96.6 Å². The van der Waals surface area contributed by atoms with Crippen LogP contribution >= 0.6 is 22.9 Å². The fourth-order valence-electron chi connectivity index (χ4n) is 8.27. The smallest absolute Gasteiger partial charge is 0.139 e. The summed E-state index contributed by atoms with van der Waals surface area (Å²) in [6.07, 6.45) is 3.61. The molecule has 0 unspecified atom stereocenters. The summed E-state index contributed by atoms with van der Waals surface area (Å²) in [6, 6.07) is 43.3. The van der Waals surface area contributed by atoms with Gasteiger partial charge in [0, 0.05) is 42.9 Å². The summed E-state index contributed by atoms with van der Waals surface area (Å²) in [5.74, 6) is 0. The van der Waals surface area contributed by atoms with Crippen LogP contribution < -0.4 is 15.3 Å². The maximum Gasteiger partial charge on any atom is 0.139 e. The topological polar surface area (TPSA) is 6.48 Å². The van der Waals surface area contributed by atoms with E-state index in [0.717, 1.165) is 39.6 Å². The number of nitrogens with zero attached hydrogens (tertiary/aromatic N) is 2. The van der Waals surface area contributed by atoms with E-state index in [4.69, 9.17) is 11.6 Å². The van der Waals surface area contributed by atoms with Gasteiger partial charge in [0.15, 0.2) is 0 Å². The van der Waals surface area contributed by atoms with Gasteiger partial charge in [0.2, 0.25) is 0 Å². The number of hydrogen-bond acceptors (Lipinski definition) is 3. The van der Waals surface area contributed by atoms with Crippen LogP contribution in [-0.4, -0.2) is 7.85 Å². The predicted molar refractivity (Wildman–Crippen MR) is 250 cm³/mol. The van der Waals surface area contributed by atoms with Crippen molar-refractivity contribution in [2.24, 2.45) is 0 Å². The Hall–Kier alpha value is -4.51. The minimum atomic E-state index is 0.0395. The van der Waals surface area contributed by atoms with Crippen molar-refractivity contribution in [2.45, 2.75) is 97.8 Å². The standard InChI is InChI=1S/C51H54BClN2S/c1-49(2,3)33-14-20-37(21-15-33)54(38-22-16-34(17-23-38)50(4,5)6)44-29-36(52)30-45(47(44)53)55(39-24-18-35(19-25-39)51(7,8)9)40-26-28-46-43(31-40)42-27-13-32-11-10-12-41(32)48(42)56-46/h13-31H,10-12,52H2,1-9H3. The number of rotatable bonds is 6. The van der Waals surface area contributed by atoms with Gasteiger partial charge >= 0.3 is 0 Å². The third-order valence-corrected chi connectivity index (χ3v) is 13.2. The van der Waals surface area contributed by atoms with E-state index in [1.165, 1.54) is 61.7 Å². The summed E-state index contributed by atoms with van der Waals surface area (Å²) in [5.41, 5.74) is 14.4. The number of halogens is 1. The van der Waals surface area contributed by atoms with Crippen molar-refractivity contribution in [2.75, 3.05) is 9.80 Å². The third kappa shape index (κ3) is 7.16. The zero-order valence-corrected chi connectivity index (χ0v) is 36.3. The fourth-order valence-corrected chi connectivity index (χ4v) is 9.83. The lowest BCUT2D eigenvalue weighted by atomic mass is 9.86. The van der Waals surface area contributed by atoms with Gasteiger partial charge in [0.05, 0.1) is 16.4 Å². The largest absolute Gasteiger partial charge is 0.309 e. The zero-order chi connectivity index (χ0) is 39.7. The maximum atomic E-state index is 7.86. The molecule has 0 spiro atoms. The monoisotopic (exact) mass is 772 g/mol. The quantitative estimate of drug-likeness (QED) is 0.155. The molecule has 2 nitrogen and oxygen atoms in total. The molecule has 1 heterocycles. The van der Waals surface area contributed by atoms with E-state index in [-0.39, 0.29) is 16.2 Å². The first kappa shape index (κ1) is 38.4. The molecule has 1 aliphatic carbocycles. The molecule has 56 heavy (non-hydrogen) atoms. The highest BCUT2D eigenvalue weighted by atomic mass is 35.5. The molecule has 5 heteroatoms. The van der Waals surface area contributed by atoms with E-state index >= 15 is 0 Å². The van der Waals surface area contributed by atoms with Gasteiger partial charge in [-0.25, -0.2) is 0 Å². The van der Waals surface area contributed by atoms with Crippen molar-refractivity contribution in [1.82, 2.24) is 0 Å². The second-order valence-electron chi connectivity index (χ2n) is 18.9. The first-order valence-electron chi connectivity index (χ1n) is 20.2. The molecule has 1 aromatic heterocycles. The van der Waals surface area contributed by atoms with Crippen LogP contribution in [0.2, 0.25) is 5.02 Å². The molecular weight excluding hydrogens is 719 g/mol. The van der Waals surface area contributed by atoms with Gasteiger partial charge in [-0.05, 0) is 130 Å². The number of benzene rings is 6. The van der Waals surface area contributed by atoms with E-state index in [1.54, 1.807) is 5.56 Å². The Morgan fingerprint density at radius 3 is 1.43 bits per heavy atom. The van der Waals surface area contributed by atoms with Crippen LogP contribution in [0.3, 0.4) is 0 Å². The number of anilines is 6. The highest BCUT2D eigenvalue weighted by molar-refractivity contribution is 7.26. The average molecular weight is 773 g/mol. The Kier molecular flexibility index (Phi) is 9.70. The molecule has 1 aliphatic rings. The number of thiophene rings is 1. The van der Waals surface area contributed by atoms with Crippen molar-refractivity contribution in [3.63, 3.8) is 0 Å².